The monoisotopic (exact) mass is 469 g/mol. The Morgan fingerprint density at radius 1 is 0.938 bits per heavy atom. The summed E-state index contributed by atoms with van der Waals surface area (Å²) in [6.45, 7) is 1.84. The van der Waals surface area contributed by atoms with Crippen molar-refractivity contribution in [3.63, 3.8) is 0 Å². The Morgan fingerprint density at radius 3 is 2.22 bits per heavy atom. The van der Waals surface area contributed by atoms with Crippen molar-refractivity contribution in [2.24, 2.45) is 4.40 Å². The number of hydrogen-bond acceptors (Lipinski definition) is 6. The number of nitrogens with zero attached hydrogens (tertiary/aromatic N) is 2. The maximum atomic E-state index is 12.8. The van der Waals surface area contributed by atoms with Crippen LogP contribution in [0.2, 0.25) is 0 Å². The van der Waals surface area contributed by atoms with Crippen LogP contribution in [-0.4, -0.2) is 39.9 Å². The lowest BCUT2D eigenvalue weighted by Gasteiger charge is -2.18. The van der Waals surface area contributed by atoms with Crippen molar-refractivity contribution >= 4 is 37.5 Å². The molecule has 32 heavy (non-hydrogen) atoms. The maximum absolute atomic E-state index is 12.8. The predicted molar refractivity (Wildman–Crippen MR) is 121 cm³/mol. The third-order valence-corrected chi connectivity index (χ3v) is 8.08. The molecule has 4 rings (SSSR count). The first-order valence-corrected chi connectivity index (χ1v) is 12.4. The average Bonchev–Trinajstić information content (AvgIpc) is 3.03. The highest BCUT2D eigenvalue weighted by Crippen LogP contribution is 2.27. The Morgan fingerprint density at radius 2 is 1.56 bits per heavy atom. The van der Waals surface area contributed by atoms with Crippen LogP contribution >= 0.6 is 0 Å². The van der Waals surface area contributed by atoms with Gasteiger partial charge in [0, 0.05) is 23.9 Å². The highest BCUT2D eigenvalue weighted by atomic mass is 32.2. The molecule has 0 aromatic heterocycles. The van der Waals surface area contributed by atoms with Crippen molar-refractivity contribution in [2.45, 2.75) is 16.7 Å². The van der Waals surface area contributed by atoms with E-state index in [4.69, 9.17) is 0 Å². The fourth-order valence-electron chi connectivity index (χ4n) is 3.19. The minimum atomic E-state index is -4.00. The smallest absolute Gasteiger partial charge is 0.285 e. The Bertz CT molecular complexity index is 1440. The molecule has 0 saturated carbocycles. The molecule has 3 aromatic carbocycles. The third kappa shape index (κ3) is 3.90. The normalized spacial score (nSPS) is 14.4. The number of rotatable bonds is 4. The summed E-state index contributed by atoms with van der Waals surface area (Å²) < 4.78 is 54.3. The molecular weight excluding hydrogens is 450 g/mol. The molecule has 0 fully saturated rings. The van der Waals surface area contributed by atoms with Crippen molar-refractivity contribution < 1.29 is 21.6 Å². The zero-order valence-electron chi connectivity index (χ0n) is 17.2. The van der Waals surface area contributed by atoms with Gasteiger partial charge in [-0.25, -0.2) is 12.7 Å². The quantitative estimate of drug-likeness (QED) is 0.628. The molecule has 10 heteroatoms. The van der Waals surface area contributed by atoms with Crippen molar-refractivity contribution in [1.82, 2.24) is 4.31 Å². The number of nitrogens with one attached hydrogen (secondary N) is 1. The molecule has 0 bridgehead atoms. The van der Waals surface area contributed by atoms with Crippen molar-refractivity contribution in [3.8, 4) is 0 Å². The second-order valence-electron chi connectivity index (χ2n) is 7.20. The van der Waals surface area contributed by atoms with E-state index >= 15 is 0 Å². The first-order valence-electron chi connectivity index (χ1n) is 9.51. The number of anilines is 1. The lowest BCUT2D eigenvalue weighted by Crippen LogP contribution is -2.33. The zero-order valence-corrected chi connectivity index (χ0v) is 18.8. The van der Waals surface area contributed by atoms with E-state index in [2.05, 4.69) is 9.71 Å². The molecule has 164 valence electrons. The number of amides is 1. The predicted octanol–water partition coefficient (Wildman–Crippen LogP) is 3.02. The van der Waals surface area contributed by atoms with E-state index in [0.717, 1.165) is 5.56 Å². The lowest BCUT2D eigenvalue weighted by atomic mass is 10.1. The van der Waals surface area contributed by atoms with Crippen LogP contribution in [0.1, 0.15) is 21.5 Å². The van der Waals surface area contributed by atoms with Gasteiger partial charge in [0.05, 0.1) is 4.90 Å². The first-order chi connectivity index (χ1) is 15.1. The van der Waals surface area contributed by atoms with Gasteiger partial charge in [0.25, 0.3) is 26.0 Å². The van der Waals surface area contributed by atoms with Gasteiger partial charge in [-0.2, -0.15) is 8.42 Å². The van der Waals surface area contributed by atoms with Crippen LogP contribution in [0.25, 0.3) is 0 Å². The molecule has 1 heterocycles. The fraction of sp³-hybridized carbons (Fsp3) is 0.0909. The van der Waals surface area contributed by atoms with Gasteiger partial charge in [-0.1, -0.05) is 29.8 Å². The molecule has 0 atom stereocenters. The Labute approximate surface area is 186 Å². The van der Waals surface area contributed by atoms with E-state index < -0.39 is 26.0 Å². The molecule has 1 amide bonds. The minimum absolute atomic E-state index is 0.0244. The molecule has 0 spiro atoms. The minimum Gasteiger partial charge on any atom is -0.339 e. The summed E-state index contributed by atoms with van der Waals surface area (Å²) in [4.78, 5) is 12.9. The van der Waals surface area contributed by atoms with Crippen LogP contribution in [0.15, 0.2) is 87.0 Å². The number of benzene rings is 3. The molecule has 0 radical (unpaired) electrons. The van der Waals surface area contributed by atoms with Crippen molar-refractivity contribution in [1.29, 1.82) is 0 Å². The van der Waals surface area contributed by atoms with Crippen LogP contribution < -0.4 is 5.32 Å². The van der Waals surface area contributed by atoms with Gasteiger partial charge in [0.1, 0.15) is 4.90 Å². The number of carbonyl (C=O) groups excluding carboxylic acids is 1. The van der Waals surface area contributed by atoms with E-state index in [9.17, 15) is 21.6 Å². The standard InChI is InChI=1S/C22H19N3O5S2/c1-15-7-13-18(14-8-15)32(29,30)25(2)22(26)16-9-11-17(12-10-16)23-21-19-5-3-4-6-20(19)31(27,28)24-21/h3-14H,1-2H3,(H,23,24). The van der Waals surface area contributed by atoms with Crippen LogP contribution in [0.4, 0.5) is 5.69 Å². The molecule has 0 unspecified atom stereocenters. The summed E-state index contributed by atoms with van der Waals surface area (Å²) >= 11 is 0. The fourth-order valence-corrected chi connectivity index (χ4v) is 5.48. The first kappa shape index (κ1) is 21.7. The Hall–Kier alpha value is -3.50. The highest BCUT2D eigenvalue weighted by molar-refractivity contribution is 7.90. The van der Waals surface area contributed by atoms with Crippen LogP contribution in [0, 0.1) is 6.92 Å². The van der Waals surface area contributed by atoms with Gasteiger partial charge in [0.2, 0.25) is 0 Å². The molecule has 1 aliphatic rings. The molecule has 0 saturated heterocycles. The van der Waals surface area contributed by atoms with Gasteiger partial charge in [-0.3, -0.25) is 4.79 Å². The molecule has 8 nitrogen and oxygen atoms in total. The Kier molecular flexibility index (Phi) is 5.35. The Balaban J connectivity index is 1.54. The van der Waals surface area contributed by atoms with Crippen molar-refractivity contribution in [2.75, 3.05) is 12.4 Å². The lowest BCUT2D eigenvalue weighted by molar-refractivity contribution is 0.0883. The highest BCUT2D eigenvalue weighted by Gasteiger charge is 2.29. The summed E-state index contributed by atoms with van der Waals surface area (Å²) in [7, 11) is -6.54. The van der Waals surface area contributed by atoms with E-state index in [1.165, 1.54) is 37.4 Å². The number of sulfonamides is 2. The summed E-state index contributed by atoms with van der Waals surface area (Å²) in [5.41, 5.74) is 2.02. The van der Waals surface area contributed by atoms with Gasteiger partial charge >= 0.3 is 0 Å². The van der Waals surface area contributed by atoms with E-state index in [1.807, 2.05) is 6.92 Å². The number of amidine groups is 1. The van der Waals surface area contributed by atoms with E-state index in [1.54, 1.807) is 42.5 Å². The SMILES string of the molecule is Cc1ccc(S(=O)(=O)N(C)C(=O)c2ccc(NC3=NS(=O)(=O)c4ccccc43)cc2)cc1. The van der Waals surface area contributed by atoms with Gasteiger partial charge < -0.3 is 5.32 Å². The second kappa shape index (κ2) is 7.88. The number of carbonyl (C=O) groups is 1. The van der Waals surface area contributed by atoms with Crippen LogP contribution in [0.5, 0.6) is 0 Å². The largest absolute Gasteiger partial charge is 0.339 e. The van der Waals surface area contributed by atoms with Crippen molar-refractivity contribution in [3.05, 3.63) is 89.5 Å². The van der Waals surface area contributed by atoms with Crippen LogP contribution in [0.3, 0.4) is 0 Å². The zero-order chi connectivity index (χ0) is 23.1. The van der Waals surface area contributed by atoms with Gasteiger partial charge in [-0.05, 0) is 55.5 Å². The van der Waals surface area contributed by atoms with E-state index in [0.29, 0.717) is 15.6 Å². The average molecular weight is 470 g/mol. The molecular formula is C22H19N3O5S2. The molecule has 0 aliphatic carbocycles. The van der Waals surface area contributed by atoms with Crippen LogP contribution in [-0.2, 0) is 20.0 Å². The summed E-state index contributed by atoms with van der Waals surface area (Å²) in [5, 5.41) is 2.94. The molecule has 3 aromatic rings. The number of fused-ring (bicyclic) bond motifs is 1. The van der Waals surface area contributed by atoms with Gasteiger partial charge in [0.15, 0.2) is 5.84 Å². The maximum Gasteiger partial charge on any atom is 0.285 e. The number of hydrogen-bond donors (Lipinski definition) is 1. The van der Waals surface area contributed by atoms with E-state index in [-0.39, 0.29) is 21.2 Å². The summed E-state index contributed by atoms with van der Waals surface area (Å²) in [5.74, 6) is -0.512. The summed E-state index contributed by atoms with van der Waals surface area (Å²) in [6.07, 6.45) is 0. The topological polar surface area (TPSA) is 113 Å². The molecule has 1 N–H and O–H groups in total. The van der Waals surface area contributed by atoms with Gasteiger partial charge in [-0.15, -0.1) is 4.40 Å². The molecule has 1 aliphatic heterocycles. The second-order valence-corrected chi connectivity index (χ2v) is 10.7. The number of aryl methyl sites for hydroxylation is 1. The summed E-state index contributed by atoms with van der Waals surface area (Å²) in [6, 6.07) is 18.7. The third-order valence-electron chi connectivity index (χ3n) is 4.99.